The molecule has 2 aromatic rings. The Balaban J connectivity index is 2.45. The molecule has 0 fully saturated rings. The summed E-state index contributed by atoms with van der Waals surface area (Å²) in [6, 6.07) is 11.1. The molecule has 86 valence electrons. The van der Waals surface area contributed by atoms with Crippen molar-refractivity contribution in [3.05, 3.63) is 47.5 Å². The van der Waals surface area contributed by atoms with Crippen molar-refractivity contribution in [2.75, 3.05) is 0 Å². The van der Waals surface area contributed by atoms with E-state index in [-0.39, 0.29) is 0 Å². The molecule has 3 rings (SSSR count). The third kappa shape index (κ3) is 1.16. The molecule has 1 aliphatic rings. The second-order valence-electron chi connectivity index (χ2n) is 4.46. The molecule has 0 spiro atoms. The first-order chi connectivity index (χ1) is 8.03. The molecule has 0 radical (unpaired) electrons. The number of carboxylic acids is 1. The van der Waals surface area contributed by atoms with E-state index in [0.717, 1.165) is 10.8 Å². The highest BCUT2D eigenvalue weighted by Gasteiger charge is 2.46. The van der Waals surface area contributed by atoms with Crippen LogP contribution in [0.25, 0.3) is 10.8 Å². The highest BCUT2D eigenvalue weighted by atomic mass is 16.4. The lowest BCUT2D eigenvalue weighted by Crippen LogP contribution is -2.51. The number of hydrogen-bond donors (Lipinski definition) is 3. The quantitative estimate of drug-likeness (QED) is 0.637. The fraction of sp³-hybridized carbons (Fsp3) is 0.154. The molecule has 2 aromatic carbocycles. The molecule has 0 aromatic heterocycles. The van der Waals surface area contributed by atoms with Gasteiger partial charge in [-0.25, -0.2) is 0 Å². The summed E-state index contributed by atoms with van der Waals surface area (Å²) < 4.78 is 0. The predicted octanol–water partition coefficient (Wildman–Crippen LogP) is 1.09. The molecule has 1 aliphatic carbocycles. The van der Waals surface area contributed by atoms with Crippen molar-refractivity contribution in [2.24, 2.45) is 11.5 Å². The topological polar surface area (TPSA) is 89.3 Å². The third-order valence-corrected chi connectivity index (χ3v) is 3.44. The highest BCUT2D eigenvalue weighted by Crippen LogP contribution is 2.45. The van der Waals surface area contributed by atoms with Gasteiger partial charge in [0.05, 0.1) is 0 Å². The van der Waals surface area contributed by atoms with Gasteiger partial charge in [0, 0.05) is 0 Å². The lowest BCUT2D eigenvalue weighted by molar-refractivity contribution is -0.140. The van der Waals surface area contributed by atoms with E-state index in [1.165, 1.54) is 0 Å². The second-order valence-corrected chi connectivity index (χ2v) is 4.46. The van der Waals surface area contributed by atoms with Crippen molar-refractivity contribution in [3.63, 3.8) is 0 Å². The molecule has 0 aliphatic heterocycles. The first-order valence-electron chi connectivity index (χ1n) is 5.36. The summed E-state index contributed by atoms with van der Waals surface area (Å²) in [5, 5.41) is 11.2. The Hall–Kier alpha value is -1.91. The van der Waals surface area contributed by atoms with E-state index in [4.69, 9.17) is 11.5 Å². The summed E-state index contributed by atoms with van der Waals surface area (Å²) >= 11 is 0. The van der Waals surface area contributed by atoms with Gasteiger partial charge in [-0.3, -0.25) is 4.79 Å². The number of rotatable bonds is 1. The summed E-state index contributed by atoms with van der Waals surface area (Å²) in [4.78, 5) is 11.4. The maximum Gasteiger partial charge on any atom is 0.314 e. The van der Waals surface area contributed by atoms with Crippen molar-refractivity contribution < 1.29 is 9.90 Å². The van der Waals surface area contributed by atoms with E-state index in [1.54, 1.807) is 12.1 Å². The van der Waals surface area contributed by atoms with Crippen molar-refractivity contribution in [1.82, 2.24) is 0 Å². The lowest BCUT2D eigenvalue weighted by atomic mass is 9.91. The molecule has 17 heavy (non-hydrogen) atoms. The van der Waals surface area contributed by atoms with Crippen LogP contribution in [0.4, 0.5) is 0 Å². The van der Waals surface area contributed by atoms with Crippen LogP contribution in [0.1, 0.15) is 17.0 Å². The van der Waals surface area contributed by atoms with Crippen LogP contribution in [-0.4, -0.2) is 11.1 Å². The third-order valence-electron chi connectivity index (χ3n) is 3.44. The van der Waals surface area contributed by atoms with Gasteiger partial charge in [0.25, 0.3) is 0 Å². The maximum atomic E-state index is 11.4. The Labute approximate surface area is 97.8 Å². The van der Waals surface area contributed by atoms with Gasteiger partial charge in [-0.15, -0.1) is 0 Å². The standard InChI is InChI=1S/C13H12N2O2/c14-13(15)9-6-2-4-7-3-1-5-8(10(7)9)11(13)12(16)17/h1-6,11H,14-15H2,(H,16,17). The Morgan fingerprint density at radius 3 is 2.47 bits per heavy atom. The number of hydrogen-bond acceptors (Lipinski definition) is 3. The number of carbonyl (C=O) groups is 1. The van der Waals surface area contributed by atoms with Gasteiger partial charge >= 0.3 is 5.97 Å². The number of nitrogens with two attached hydrogens (primary N) is 2. The molecule has 0 heterocycles. The Bertz CT molecular complexity index is 629. The van der Waals surface area contributed by atoms with Crippen molar-refractivity contribution in [3.8, 4) is 0 Å². The minimum Gasteiger partial charge on any atom is -0.481 e. The number of benzene rings is 2. The summed E-state index contributed by atoms with van der Waals surface area (Å²) in [6.07, 6.45) is 0. The monoisotopic (exact) mass is 228 g/mol. The fourth-order valence-corrected chi connectivity index (χ4v) is 2.72. The van der Waals surface area contributed by atoms with Gasteiger partial charge < -0.3 is 16.6 Å². The summed E-state index contributed by atoms with van der Waals surface area (Å²) in [5.41, 5.74) is 12.1. The predicted molar refractivity (Wildman–Crippen MR) is 64.4 cm³/mol. The van der Waals surface area contributed by atoms with Crippen molar-refractivity contribution in [2.45, 2.75) is 11.6 Å². The molecule has 0 amide bonds. The molecule has 4 heteroatoms. The largest absolute Gasteiger partial charge is 0.481 e. The van der Waals surface area contributed by atoms with Crippen molar-refractivity contribution >= 4 is 16.7 Å². The molecule has 0 bridgehead atoms. The Kier molecular flexibility index (Phi) is 1.85. The van der Waals surface area contributed by atoms with Gasteiger partial charge in [0.2, 0.25) is 0 Å². The van der Waals surface area contributed by atoms with E-state index in [2.05, 4.69) is 0 Å². The minimum absolute atomic E-state index is 0.704. The highest BCUT2D eigenvalue weighted by molar-refractivity contribution is 5.98. The Morgan fingerprint density at radius 2 is 1.82 bits per heavy atom. The molecular weight excluding hydrogens is 216 g/mol. The Morgan fingerprint density at radius 1 is 1.18 bits per heavy atom. The van der Waals surface area contributed by atoms with Crippen LogP contribution in [0.5, 0.6) is 0 Å². The van der Waals surface area contributed by atoms with Crippen molar-refractivity contribution in [1.29, 1.82) is 0 Å². The van der Waals surface area contributed by atoms with Crippen LogP contribution in [0, 0.1) is 0 Å². The average Bonchev–Trinajstić information content (AvgIpc) is 2.50. The fourth-order valence-electron chi connectivity index (χ4n) is 2.72. The van der Waals surface area contributed by atoms with Crippen LogP contribution in [0.2, 0.25) is 0 Å². The van der Waals surface area contributed by atoms with Crippen LogP contribution in [0.3, 0.4) is 0 Å². The normalized spacial score (nSPS) is 20.7. The van der Waals surface area contributed by atoms with E-state index in [1.807, 2.05) is 24.3 Å². The van der Waals surface area contributed by atoms with Gasteiger partial charge in [-0.1, -0.05) is 36.4 Å². The van der Waals surface area contributed by atoms with Gasteiger partial charge in [-0.05, 0) is 21.9 Å². The smallest absolute Gasteiger partial charge is 0.314 e. The zero-order valence-electron chi connectivity index (χ0n) is 9.05. The summed E-state index contributed by atoms with van der Waals surface area (Å²) in [6.45, 7) is 0. The summed E-state index contributed by atoms with van der Waals surface area (Å²) in [7, 11) is 0. The van der Waals surface area contributed by atoms with Crippen LogP contribution >= 0.6 is 0 Å². The SMILES string of the molecule is NC1(N)c2cccc3cccc(c23)C1C(=O)O. The molecule has 1 atom stereocenters. The van der Waals surface area contributed by atoms with Gasteiger partial charge in [-0.2, -0.15) is 0 Å². The van der Waals surface area contributed by atoms with E-state index in [9.17, 15) is 9.90 Å². The lowest BCUT2D eigenvalue weighted by Gasteiger charge is -2.25. The van der Waals surface area contributed by atoms with Crippen LogP contribution in [0.15, 0.2) is 36.4 Å². The van der Waals surface area contributed by atoms with Crippen LogP contribution < -0.4 is 11.5 Å². The van der Waals surface area contributed by atoms with E-state index in [0.29, 0.717) is 11.1 Å². The molecule has 4 nitrogen and oxygen atoms in total. The van der Waals surface area contributed by atoms with Gasteiger partial charge in [0.15, 0.2) is 0 Å². The maximum absolute atomic E-state index is 11.4. The zero-order chi connectivity index (χ0) is 12.2. The molecule has 0 saturated heterocycles. The second kappa shape index (κ2) is 3.06. The molecule has 0 saturated carbocycles. The minimum atomic E-state index is -1.34. The molecule has 1 unspecified atom stereocenters. The van der Waals surface area contributed by atoms with E-state index >= 15 is 0 Å². The van der Waals surface area contributed by atoms with Crippen LogP contribution in [-0.2, 0) is 10.5 Å². The average molecular weight is 228 g/mol. The first kappa shape index (κ1) is 10.3. The number of carboxylic acid groups (broad SMARTS) is 1. The summed E-state index contributed by atoms with van der Waals surface area (Å²) in [5.74, 6) is -1.87. The first-order valence-corrected chi connectivity index (χ1v) is 5.36. The number of aliphatic carboxylic acids is 1. The van der Waals surface area contributed by atoms with E-state index < -0.39 is 17.6 Å². The molecule has 5 N–H and O–H groups in total. The molecular formula is C13H12N2O2. The zero-order valence-corrected chi connectivity index (χ0v) is 9.05. The van der Waals surface area contributed by atoms with Gasteiger partial charge in [0.1, 0.15) is 11.6 Å².